The van der Waals surface area contributed by atoms with Crippen molar-refractivity contribution in [2.24, 2.45) is 5.73 Å². The van der Waals surface area contributed by atoms with Gasteiger partial charge in [-0.05, 0) is 12.1 Å². The molecular weight excluding hydrogens is 275 g/mol. The largest absolute Gasteiger partial charge is 0.368 e. The molecule has 2 heterocycles. The molecule has 1 amide bonds. The lowest BCUT2D eigenvalue weighted by Crippen LogP contribution is -2.18. The van der Waals surface area contributed by atoms with E-state index in [9.17, 15) is 9.18 Å². The Hall–Kier alpha value is -3.03. The molecule has 0 saturated heterocycles. The highest BCUT2D eigenvalue weighted by atomic mass is 19.1. The number of nitrogens with zero attached hydrogens (tertiary/aromatic N) is 4. The van der Waals surface area contributed by atoms with Crippen LogP contribution in [0.3, 0.4) is 0 Å². The summed E-state index contributed by atoms with van der Waals surface area (Å²) in [5, 5.41) is 7.56. The van der Waals surface area contributed by atoms with Gasteiger partial charge in [-0.15, -0.1) is 0 Å². The number of primary amides is 1. The number of rotatable bonds is 4. The number of para-hydroxylation sites is 1. The lowest BCUT2D eigenvalue weighted by molar-refractivity contribution is -0.118. The van der Waals surface area contributed by atoms with Crippen molar-refractivity contribution in [3.8, 4) is 0 Å². The van der Waals surface area contributed by atoms with E-state index in [4.69, 9.17) is 5.73 Å². The first-order chi connectivity index (χ1) is 10.1. The standard InChI is InChI=1S/C13H11FN6O/c14-10-3-1-2-9-12(10)16-7-17-13(9)19-8-4-18-20(5-8)6-11(15)21/h1-5,7H,6H2,(H2,15,21)(H,16,17,19). The van der Waals surface area contributed by atoms with Gasteiger partial charge in [-0.1, -0.05) is 6.07 Å². The Labute approximate surface area is 118 Å². The van der Waals surface area contributed by atoms with E-state index in [2.05, 4.69) is 20.4 Å². The highest BCUT2D eigenvalue weighted by molar-refractivity contribution is 5.90. The van der Waals surface area contributed by atoms with E-state index in [1.807, 2.05) is 0 Å². The number of carbonyl (C=O) groups excluding carboxylic acids is 1. The van der Waals surface area contributed by atoms with Crippen LogP contribution in [-0.2, 0) is 11.3 Å². The zero-order valence-corrected chi connectivity index (χ0v) is 10.8. The number of nitrogens with two attached hydrogens (primary N) is 1. The molecule has 0 bridgehead atoms. The minimum Gasteiger partial charge on any atom is -0.368 e. The molecule has 0 saturated carbocycles. The first-order valence-corrected chi connectivity index (χ1v) is 6.10. The Morgan fingerprint density at radius 3 is 3.05 bits per heavy atom. The van der Waals surface area contributed by atoms with Crippen molar-refractivity contribution in [2.45, 2.75) is 6.54 Å². The number of hydrogen-bond donors (Lipinski definition) is 2. The zero-order chi connectivity index (χ0) is 14.8. The molecule has 3 aromatic rings. The van der Waals surface area contributed by atoms with Gasteiger partial charge in [0.05, 0.1) is 11.9 Å². The second-order valence-corrected chi connectivity index (χ2v) is 4.38. The van der Waals surface area contributed by atoms with Gasteiger partial charge in [0.2, 0.25) is 5.91 Å². The van der Waals surface area contributed by atoms with Crippen molar-refractivity contribution in [3.63, 3.8) is 0 Å². The lowest BCUT2D eigenvalue weighted by Gasteiger charge is -2.06. The summed E-state index contributed by atoms with van der Waals surface area (Å²) in [6, 6.07) is 4.64. The minimum absolute atomic E-state index is 0.0131. The molecule has 0 aliphatic rings. The van der Waals surface area contributed by atoms with E-state index in [0.717, 1.165) is 0 Å². The van der Waals surface area contributed by atoms with E-state index >= 15 is 0 Å². The number of benzene rings is 1. The summed E-state index contributed by atoms with van der Waals surface area (Å²) in [5.41, 5.74) is 5.94. The molecule has 0 spiro atoms. The Balaban J connectivity index is 1.93. The normalized spacial score (nSPS) is 10.7. The second kappa shape index (κ2) is 5.16. The summed E-state index contributed by atoms with van der Waals surface area (Å²) in [5.74, 6) is -0.445. The SMILES string of the molecule is NC(=O)Cn1cc(Nc2ncnc3c(F)cccc23)cn1. The van der Waals surface area contributed by atoms with E-state index in [1.165, 1.54) is 23.3 Å². The summed E-state index contributed by atoms with van der Waals surface area (Å²) in [4.78, 5) is 18.8. The Kier molecular flexibility index (Phi) is 3.19. The quantitative estimate of drug-likeness (QED) is 0.750. The van der Waals surface area contributed by atoms with Crippen molar-refractivity contribution in [1.29, 1.82) is 0 Å². The van der Waals surface area contributed by atoms with Crippen molar-refractivity contribution >= 4 is 28.3 Å². The second-order valence-electron chi connectivity index (χ2n) is 4.38. The molecule has 3 N–H and O–H groups in total. The summed E-state index contributed by atoms with van der Waals surface area (Å²) in [7, 11) is 0. The van der Waals surface area contributed by atoms with Crippen LogP contribution < -0.4 is 11.1 Å². The van der Waals surface area contributed by atoms with Gasteiger partial charge in [0.1, 0.15) is 30.0 Å². The molecule has 0 unspecified atom stereocenters. The number of nitrogens with one attached hydrogen (secondary N) is 1. The molecule has 8 heteroatoms. The van der Waals surface area contributed by atoms with Crippen LogP contribution in [0.2, 0.25) is 0 Å². The van der Waals surface area contributed by atoms with Crippen molar-refractivity contribution in [1.82, 2.24) is 19.7 Å². The average molecular weight is 286 g/mol. The van der Waals surface area contributed by atoms with Crippen molar-refractivity contribution in [3.05, 3.63) is 42.7 Å². The van der Waals surface area contributed by atoms with Gasteiger partial charge in [-0.25, -0.2) is 14.4 Å². The summed E-state index contributed by atoms with van der Waals surface area (Å²) in [6.07, 6.45) is 4.41. The van der Waals surface area contributed by atoms with Gasteiger partial charge in [0.15, 0.2) is 0 Å². The molecule has 1 aromatic carbocycles. The van der Waals surface area contributed by atoms with Crippen LogP contribution in [0.1, 0.15) is 0 Å². The van der Waals surface area contributed by atoms with Crippen molar-refractivity contribution in [2.75, 3.05) is 5.32 Å². The highest BCUT2D eigenvalue weighted by Gasteiger charge is 2.08. The Morgan fingerprint density at radius 1 is 1.38 bits per heavy atom. The maximum Gasteiger partial charge on any atom is 0.239 e. The smallest absolute Gasteiger partial charge is 0.239 e. The van der Waals surface area contributed by atoms with Crippen LogP contribution in [0.4, 0.5) is 15.9 Å². The topological polar surface area (TPSA) is 98.7 Å². The third-order valence-electron chi connectivity index (χ3n) is 2.83. The molecule has 106 valence electrons. The molecule has 3 rings (SSSR count). The predicted octanol–water partition coefficient (Wildman–Crippen LogP) is 1.19. The first-order valence-electron chi connectivity index (χ1n) is 6.10. The van der Waals surface area contributed by atoms with Crippen molar-refractivity contribution < 1.29 is 9.18 Å². The van der Waals surface area contributed by atoms with Gasteiger partial charge in [-0.3, -0.25) is 9.48 Å². The molecule has 0 fully saturated rings. The first kappa shape index (κ1) is 13.0. The van der Waals surface area contributed by atoms with Crippen LogP contribution >= 0.6 is 0 Å². The van der Waals surface area contributed by atoms with E-state index in [0.29, 0.717) is 16.9 Å². The van der Waals surface area contributed by atoms with Crippen LogP contribution in [0.15, 0.2) is 36.9 Å². The fraction of sp³-hybridized carbons (Fsp3) is 0.0769. The Bertz CT molecular complexity index is 815. The van der Waals surface area contributed by atoms with Gasteiger partial charge < -0.3 is 11.1 Å². The van der Waals surface area contributed by atoms with Crippen LogP contribution in [0.5, 0.6) is 0 Å². The lowest BCUT2D eigenvalue weighted by atomic mass is 10.2. The summed E-state index contributed by atoms with van der Waals surface area (Å²) in [6.45, 7) is -0.0131. The predicted molar refractivity (Wildman–Crippen MR) is 74.2 cm³/mol. The molecule has 0 atom stereocenters. The minimum atomic E-state index is -0.487. The number of anilines is 2. The zero-order valence-electron chi connectivity index (χ0n) is 10.8. The number of amides is 1. The molecular formula is C13H11FN6O. The maximum atomic E-state index is 13.7. The average Bonchev–Trinajstić information content (AvgIpc) is 2.86. The fourth-order valence-corrected chi connectivity index (χ4v) is 1.96. The monoisotopic (exact) mass is 286 g/mol. The number of halogens is 1. The molecule has 2 aromatic heterocycles. The number of carbonyl (C=O) groups is 1. The van der Waals surface area contributed by atoms with Crippen LogP contribution in [-0.4, -0.2) is 25.7 Å². The van der Waals surface area contributed by atoms with E-state index < -0.39 is 11.7 Å². The van der Waals surface area contributed by atoms with Gasteiger partial charge in [-0.2, -0.15) is 5.10 Å². The van der Waals surface area contributed by atoms with E-state index in [-0.39, 0.29) is 12.1 Å². The highest BCUT2D eigenvalue weighted by Crippen LogP contribution is 2.23. The number of hydrogen-bond acceptors (Lipinski definition) is 5. The molecule has 0 radical (unpaired) electrons. The van der Waals surface area contributed by atoms with Gasteiger partial charge in [0.25, 0.3) is 0 Å². The fourth-order valence-electron chi connectivity index (χ4n) is 1.96. The summed E-state index contributed by atoms with van der Waals surface area (Å²) >= 11 is 0. The molecule has 21 heavy (non-hydrogen) atoms. The molecule has 0 aliphatic heterocycles. The molecule has 0 aliphatic carbocycles. The summed E-state index contributed by atoms with van der Waals surface area (Å²) < 4.78 is 15.1. The van der Waals surface area contributed by atoms with Gasteiger partial charge >= 0.3 is 0 Å². The van der Waals surface area contributed by atoms with Crippen LogP contribution in [0.25, 0.3) is 10.9 Å². The third-order valence-corrected chi connectivity index (χ3v) is 2.83. The number of aromatic nitrogens is 4. The van der Waals surface area contributed by atoms with E-state index in [1.54, 1.807) is 18.3 Å². The Morgan fingerprint density at radius 2 is 2.24 bits per heavy atom. The third kappa shape index (κ3) is 2.64. The van der Waals surface area contributed by atoms with Gasteiger partial charge in [0, 0.05) is 11.6 Å². The van der Waals surface area contributed by atoms with Crippen LogP contribution in [0, 0.1) is 5.82 Å². The number of fused-ring (bicyclic) bond motifs is 1. The maximum absolute atomic E-state index is 13.7. The molecule has 7 nitrogen and oxygen atoms in total.